The van der Waals surface area contributed by atoms with Crippen LogP contribution in [-0.2, 0) is 9.59 Å². The van der Waals surface area contributed by atoms with Gasteiger partial charge in [0, 0.05) is 17.7 Å². The molecule has 1 N–H and O–H groups in total. The van der Waals surface area contributed by atoms with E-state index in [0.29, 0.717) is 23.9 Å². The molecule has 1 aromatic heterocycles. The molecule has 8 nitrogen and oxygen atoms in total. The molecule has 212 valence electrons. The molecule has 4 aromatic rings. The average molecular weight is 571 g/mol. The van der Waals surface area contributed by atoms with E-state index in [1.807, 2.05) is 91.3 Å². The number of rotatable bonds is 9. The Morgan fingerprint density at radius 1 is 1.02 bits per heavy atom. The SMILES string of the molecule is CCCNC(=O)CN1C(=O)CS[C@@H](c2ccc(OC)c(OC)c2)c2c(-c3ccccc3)nn(-c3ccc(C)cc3)c21. The molecule has 2 heterocycles. The van der Waals surface area contributed by atoms with Crippen LogP contribution in [0.4, 0.5) is 5.82 Å². The number of hydrogen-bond donors (Lipinski definition) is 1. The number of fused-ring (bicyclic) bond motifs is 1. The van der Waals surface area contributed by atoms with Crippen LogP contribution in [0.25, 0.3) is 16.9 Å². The highest BCUT2D eigenvalue weighted by molar-refractivity contribution is 8.00. The molecule has 1 aliphatic heterocycles. The summed E-state index contributed by atoms with van der Waals surface area (Å²) in [7, 11) is 3.22. The summed E-state index contributed by atoms with van der Waals surface area (Å²) >= 11 is 1.52. The predicted molar refractivity (Wildman–Crippen MR) is 163 cm³/mol. The number of nitrogens with one attached hydrogen (secondary N) is 1. The van der Waals surface area contributed by atoms with E-state index in [1.54, 1.807) is 19.1 Å². The number of carbonyl (C=O) groups is 2. The van der Waals surface area contributed by atoms with E-state index in [-0.39, 0.29) is 29.4 Å². The molecule has 0 saturated carbocycles. The van der Waals surface area contributed by atoms with Crippen molar-refractivity contribution < 1.29 is 19.1 Å². The zero-order valence-electron chi connectivity index (χ0n) is 23.7. The Morgan fingerprint density at radius 3 is 2.44 bits per heavy atom. The Bertz CT molecular complexity index is 1540. The number of aryl methyl sites for hydroxylation is 1. The van der Waals surface area contributed by atoms with Gasteiger partial charge in [-0.2, -0.15) is 5.10 Å². The molecule has 0 bridgehead atoms. The summed E-state index contributed by atoms with van der Waals surface area (Å²) < 4.78 is 12.9. The number of hydrogen-bond acceptors (Lipinski definition) is 6. The minimum Gasteiger partial charge on any atom is -0.493 e. The van der Waals surface area contributed by atoms with Gasteiger partial charge in [-0.05, 0) is 43.2 Å². The lowest BCUT2D eigenvalue weighted by atomic mass is 9.99. The van der Waals surface area contributed by atoms with Crippen molar-refractivity contribution in [2.24, 2.45) is 0 Å². The second kappa shape index (κ2) is 12.5. The molecule has 1 aliphatic rings. The van der Waals surface area contributed by atoms with Crippen molar-refractivity contribution in [3.8, 4) is 28.4 Å². The summed E-state index contributed by atoms with van der Waals surface area (Å²) in [5.74, 6) is 1.65. The Morgan fingerprint density at radius 2 is 1.76 bits per heavy atom. The van der Waals surface area contributed by atoms with Crippen LogP contribution in [0, 0.1) is 6.92 Å². The van der Waals surface area contributed by atoms with E-state index in [1.165, 1.54) is 11.8 Å². The number of aromatic nitrogens is 2. The first kappa shape index (κ1) is 28.3. The van der Waals surface area contributed by atoms with Crippen LogP contribution < -0.4 is 19.7 Å². The molecule has 41 heavy (non-hydrogen) atoms. The molecule has 0 spiro atoms. The molecule has 0 aliphatic carbocycles. The number of nitrogens with zero attached hydrogens (tertiary/aromatic N) is 3. The van der Waals surface area contributed by atoms with Gasteiger partial charge in [0.2, 0.25) is 11.8 Å². The monoisotopic (exact) mass is 570 g/mol. The third kappa shape index (κ3) is 5.81. The maximum Gasteiger partial charge on any atom is 0.240 e. The number of anilines is 1. The predicted octanol–water partition coefficient (Wildman–Crippen LogP) is 5.56. The topological polar surface area (TPSA) is 85.7 Å². The fourth-order valence-corrected chi connectivity index (χ4v) is 6.13. The average Bonchev–Trinajstić information content (AvgIpc) is 3.33. The molecule has 0 radical (unpaired) electrons. The summed E-state index contributed by atoms with van der Waals surface area (Å²) in [5, 5.41) is 7.79. The quantitative estimate of drug-likeness (QED) is 0.284. The van der Waals surface area contributed by atoms with Crippen LogP contribution in [0.1, 0.15) is 35.3 Å². The van der Waals surface area contributed by atoms with Crippen LogP contribution in [0.15, 0.2) is 72.8 Å². The number of carbonyl (C=O) groups excluding carboxylic acids is 2. The summed E-state index contributed by atoms with van der Waals surface area (Å²) in [6, 6.07) is 23.8. The molecule has 2 amide bonds. The molecular formula is C32H34N4O4S. The van der Waals surface area contributed by atoms with Gasteiger partial charge in [0.05, 0.1) is 36.6 Å². The first-order valence-corrected chi connectivity index (χ1v) is 14.7. The highest BCUT2D eigenvalue weighted by Gasteiger charge is 2.38. The van der Waals surface area contributed by atoms with Crippen LogP contribution in [0.2, 0.25) is 0 Å². The molecule has 9 heteroatoms. The van der Waals surface area contributed by atoms with Crippen LogP contribution in [0.3, 0.4) is 0 Å². The largest absolute Gasteiger partial charge is 0.493 e. The number of methoxy groups -OCH3 is 2. The van der Waals surface area contributed by atoms with Gasteiger partial charge in [-0.15, -0.1) is 11.8 Å². The van der Waals surface area contributed by atoms with Crippen LogP contribution in [0.5, 0.6) is 11.5 Å². The fraction of sp³-hybridized carbons (Fsp3) is 0.281. The zero-order chi connectivity index (χ0) is 28.9. The van der Waals surface area contributed by atoms with E-state index < -0.39 is 0 Å². The fourth-order valence-electron chi connectivity index (χ4n) is 4.94. The summed E-state index contributed by atoms with van der Waals surface area (Å²) in [5.41, 5.74) is 5.40. The normalized spacial score (nSPS) is 14.8. The van der Waals surface area contributed by atoms with Crippen molar-refractivity contribution in [2.75, 3.05) is 38.0 Å². The highest BCUT2D eigenvalue weighted by Crippen LogP contribution is 2.49. The minimum absolute atomic E-state index is 0.100. The molecule has 5 rings (SSSR count). The molecule has 0 unspecified atom stereocenters. The van der Waals surface area contributed by atoms with Gasteiger partial charge in [-0.25, -0.2) is 4.68 Å². The van der Waals surface area contributed by atoms with Crippen LogP contribution in [-0.4, -0.2) is 54.7 Å². The van der Waals surface area contributed by atoms with Crippen molar-refractivity contribution in [1.82, 2.24) is 15.1 Å². The van der Waals surface area contributed by atoms with Gasteiger partial charge in [-0.1, -0.05) is 61.0 Å². The second-order valence-corrected chi connectivity index (χ2v) is 10.9. The maximum atomic E-state index is 13.8. The van der Waals surface area contributed by atoms with Gasteiger partial charge in [0.15, 0.2) is 11.5 Å². The van der Waals surface area contributed by atoms with Gasteiger partial charge < -0.3 is 14.8 Å². The second-order valence-electron chi connectivity index (χ2n) is 9.83. The molecule has 0 fully saturated rings. The van der Waals surface area contributed by atoms with Gasteiger partial charge in [0.1, 0.15) is 12.4 Å². The van der Waals surface area contributed by atoms with E-state index >= 15 is 0 Å². The number of benzene rings is 3. The summed E-state index contributed by atoms with van der Waals surface area (Å²) in [6.07, 6.45) is 0.807. The summed E-state index contributed by atoms with van der Waals surface area (Å²) in [4.78, 5) is 28.4. The molecule has 3 aromatic carbocycles. The van der Waals surface area contributed by atoms with Crippen LogP contribution >= 0.6 is 11.8 Å². The van der Waals surface area contributed by atoms with Crippen molar-refractivity contribution in [2.45, 2.75) is 25.5 Å². The van der Waals surface area contributed by atoms with Crippen molar-refractivity contribution in [3.05, 3.63) is 89.5 Å². The Balaban J connectivity index is 1.78. The lowest BCUT2D eigenvalue weighted by molar-refractivity contribution is -0.122. The van der Waals surface area contributed by atoms with E-state index in [9.17, 15) is 9.59 Å². The van der Waals surface area contributed by atoms with E-state index in [2.05, 4.69) is 5.32 Å². The van der Waals surface area contributed by atoms with Crippen molar-refractivity contribution in [3.63, 3.8) is 0 Å². The molecule has 0 saturated heterocycles. The minimum atomic E-state index is -0.271. The lowest BCUT2D eigenvalue weighted by Gasteiger charge is -2.23. The third-order valence-corrected chi connectivity index (χ3v) is 8.25. The standard InChI is InChI=1S/C32H34N4O4S/c1-5-17-33-27(37)19-35-28(38)20-41-31(23-13-16-25(39-3)26(18-23)40-4)29-30(22-9-7-6-8-10-22)34-36(32(29)35)24-14-11-21(2)12-15-24/h6-16,18,31H,5,17,19-20H2,1-4H3,(H,33,37)/t31-/m0/s1. The summed E-state index contributed by atoms with van der Waals surface area (Å²) in [6.45, 7) is 4.47. The number of amides is 2. The molecule has 1 atom stereocenters. The Hall–Kier alpha value is -4.24. The van der Waals surface area contributed by atoms with E-state index in [4.69, 9.17) is 14.6 Å². The number of thioether (sulfide) groups is 1. The highest BCUT2D eigenvalue weighted by atomic mass is 32.2. The lowest BCUT2D eigenvalue weighted by Crippen LogP contribution is -2.42. The maximum absolute atomic E-state index is 13.8. The smallest absolute Gasteiger partial charge is 0.240 e. The van der Waals surface area contributed by atoms with Gasteiger partial charge in [-0.3, -0.25) is 14.5 Å². The Labute approximate surface area is 244 Å². The first-order chi connectivity index (χ1) is 19.9. The van der Waals surface area contributed by atoms with Crippen molar-refractivity contribution in [1.29, 1.82) is 0 Å². The van der Waals surface area contributed by atoms with E-state index in [0.717, 1.165) is 40.1 Å². The van der Waals surface area contributed by atoms with Gasteiger partial charge in [0.25, 0.3) is 0 Å². The molecular weight excluding hydrogens is 536 g/mol. The zero-order valence-corrected chi connectivity index (χ0v) is 24.5. The Kier molecular flexibility index (Phi) is 8.64. The third-order valence-electron chi connectivity index (χ3n) is 7.00. The first-order valence-electron chi connectivity index (χ1n) is 13.6. The van der Waals surface area contributed by atoms with Gasteiger partial charge >= 0.3 is 0 Å². The number of ether oxygens (including phenoxy) is 2. The van der Waals surface area contributed by atoms with Crippen molar-refractivity contribution >= 4 is 29.4 Å².